The first-order chi connectivity index (χ1) is 17.0. The highest BCUT2D eigenvalue weighted by molar-refractivity contribution is 6.07. The van der Waals surface area contributed by atoms with Gasteiger partial charge in [-0.05, 0) is 86.4 Å². The Kier molecular flexibility index (Phi) is 7.59. The minimum absolute atomic E-state index is 0.186. The molecule has 2 N–H and O–H groups in total. The monoisotopic (exact) mass is 505 g/mol. The topological polar surface area (TPSA) is 84.9 Å². The van der Waals surface area contributed by atoms with Crippen LogP contribution < -0.4 is 10.1 Å². The first-order valence-corrected chi connectivity index (χ1v) is 12.2. The molecule has 1 aliphatic heterocycles. The molecule has 2 fully saturated rings. The second kappa shape index (κ2) is 10.5. The molecule has 1 heterocycles. The number of hydrogen-bond acceptors (Lipinski definition) is 4. The fraction of sp³-hybridized carbons (Fsp3) is 0.481. The number of aliphatic carboxylic acids is 1. The summed E-state index contributed by atoms with van der Waals surface area (Å²) in [6.07, 6.45) is -0.128. The minimum Gasteiger partial charge on any atom is -0.493 e. The Morgan fingerprint density at radius 3 is 2.44 bits per heavy atom. The first kappa shape index (κ1) is 26.0. The van der Waals surface area contributed by atoms with Gasteiger partial charge in [0.1, 0.15) is 5.75 Å². The highest BCUT2D eigenvalue weighted by Gasteiger charge is 2.45. The fourth-order valence-electron chi connectivity index (χ4n) is 4.87. The maximum Gasteiger partial charge on any atom is 0.418 e. The third-order valence-electron chi connectivity index (χ3n) is 6.85. The number of benzene rings is 2. The summed E-state index contributed by atoms with van der Waals surface area (Å²) in [5, 5.41) is 11.6. The predicted molar refractivity (Wildman–Crippen MR) is 128 cm³/mol. The lowest BCUT2D eigenvalue weighted by Crippen LogP contribution is -2.21. The maximum absolute atomic E-state index is 13.6. The molecule has 9 heteroatoms. The molecule has 6 nitrogen and oxygen atoms in total. The fourth-order valence-corrected chi connectivity index (χ4v) is 4.87. The van der Waals surface area contributed by atoms with E-state index in [9.17, 15) is 22.8 Å². The molecule has 2 aromatic carbocycles. The van der Waals surface area contributed by atoms with Gasteiger partial charge in [0.25, 0.3) is 5.91 Å². The van der Waals surface area contributed by atoms with Gasteiger partial charge >= 0.3 is 12.1 Å². The number of carboxylic acids is 1. The van der Waals surface area contributed by atoms with Gasteiger partial charge in [-0.25, -0.2) is 0 Å². The third kappa shape index (κ3) is 6.00. The summed E-state index contributed by atoms with van der Waals surface area (Å²) in [6.45, 7) is 4.66. The number of halogens is 3. The lowest BCUT2D eigenvalue weighted by atomic mass is 10.00. The number of carbonyl (C=O) groups excluding carboxylic acids is 1. The molecule has 0 radical (unpaired) electrons. The zero-order valence-corrected chi connectivity index (χ0v) is 20.3. The molecular formula is C27H30F3NO5. The number of rotatable bonds is 8. The van der Waals surface area contributed by atoms with Gasteiger partial charge in [0.2, 0.25) is 0 Å². The van der Waals surface area contributed by atoms with Crippen molar-refractivity contribution in [3.8, 4) is 5.75 Å². The van der Waals surface area contributed by atoms with E-state index in [1.807, 2.05) is 0 Å². The van der Waals surface area contributed by atoms with Crippen molar-refractivity contribution >= 4 is 17.6 Å². The summed E-state index contributed by atoms with van der Waals surface area (Å²) < 4.78 is 52.5. The van der Waals surface area contributed by atoms with Crippen LogP contribution in [0.1, 0.15) is 70.6 Å². The van der Waals surface area contributed by atoms with E-state index in [4.69, 9.17) is 14.6 Å². The Hall–Kier alpha value is -3.07. The van der Waals surface area contributed by atoms with Crippen molar-refractivity contribution in [1.29, 1.82) is 0 Å². The second-order valence-electron chi connectivity index (χ2n) is 9.60. The number of amides is 1. The third-order valence-corrected chi connectivity index (χ3v) is 6.85. The van der Waals surface area contributed by atoms with Gasteiger partial charge < -0.3 is 19.9 Å². The van der Waals surface area contributed by atoms with Crippen LogP contribution in [0, 0.1) is 19.8 Å². The lowest BCUT2D eigenvalue weighted by Gasteiger charge is -2.22. The molecule has 1 aliphatic carbocycles. The minimum atomic E-state index is -4.68. The molecule has 1 saturated carbocycles. The van der Waals surface area contributed by atoms with Gasteiger partial charge in [-0.2, -0.15) is 13.2 Å². The number of carbonyl (C=O) groups is 2. The summed E-state index contributed by atoms with van der Waals surface area (Å²) >= 11 is 0. The van der Waals surface area contributed by atoms with Gasteiger partial charge in [-0.1, -0.05) is 6.07 Å². The van der Waals surface area contributed by atoms with E-state index in [0.29, 0.717) is 35.5 Å². The molecule has 0 aromatic heterocycles. The van der Waals surface area contributed by atoms with Crippen molar-refractivity contribution in [3.05, 3.63) is 58.1 Å². The Morgan fingerprint density at radius 1 is 1.14 bits per heavy atom. The van der Waals surface area contributed by atoms with Crippen LogP contribution in [0.15, 0.2) is 30.3 Å². The van der Waals surface area contributed by atoms with Crippen LogP contribution >= 0.6 is 0 Å². The van der Waals surface area contributed by atoms with Crippen molar-refractivity contribution in [1.82, 2.24) is 0 Å². The number of anilines is 1. The normalized spacial score (nSPS) is 21.6. The number of alkyl halides is 3. The van der Waals surface area contributed by atoms with Crippen LogP contribution in [0.25, 0.3) is 0 Å². The maximum atomic E-state index is 13.6. The molecule has 1 unspecified atom stereocenters. The Labute approximate surface area is 207 Å². The van der Waals surface area contributed by atoms with Crippen LogP contribution in [0.5, 0.6) is 5.75 Å². The predicted octanol–water partition coefficient (Wildman–Crippen LogP) is 6.10. The highest BCUT2D eigenvalue weighted by Crippen LogP contribution is 2.49. The van der Waals surface area contributed by atoms with Gasteiger partial charge in [-0.3, -0.25) is 9.59 Å². The van der Waals surface area contributed by atoms with Gasteiger partial charge in [-0.15, -0.1) is 0 Å². The number of hydrogen-bond donors (Lipinski definition) is 2. The quantitative estimate of drug-likeness (QED) is 0.453. The van der Waals surface area contributed by atoms with Crippen molar-refractivity contribution in [2.75, 3.05) is 18.5 Å². The van der Waals surface area contributed by atoms with E-state index in [2.05, 4.69) is 5.32 Å². The Bertz CT molecular complexity index is 1120. The van der Waals surface area contributed by atoms with Crippen molar-refractivity contribution in [2.24, 2.45) is 5.92 Å². The van der Waals surface area contributed by atoms with Crippen LogP contribution in [0.4, 0.5) is 18.9 Å². The number of aryl methyl sites for hydroxylation is 2. The molecule has 36 heavy (non-hydrogen) atoms. The first-order valence-electron chi connectivity index (χ1n) is 12.2. The lowest BCUT2D eigenvalue weighted by molar-refractivity contribution is -0.139. The van der Waals surface area contributed by atoms with Gasteiger partial charge in [0.15, 0.2) is 0 Å². The summed E-state index contributed by atoms with van der Waals surface area (Å²) in [7, 11) is 0. The van der Waals surface area contributed by atoms with Crippen LogP contribution in [-0.2, 0) is 15.7 Å². The largest absolute Gasteiger partial charge is 0.493 e. The summed E-state index contributed by atoms with van der Waals surface area (Å²) in [6, 6.07) is 6.82. The second-order valence-corrected chi connectivity index (χ2v) is 9.60. The molecule has 4 rings (SSSR count). The number of carboxylic acid groups (broad SMARTS) is 1. The standard InChI is InChI=1S/C27H30F3NO5/c1-15-11-19(36-10-8-18-5-3-4-9-35-18)12-16(2)24(15)25(32)31-23-13-17(20-14-21(20)26(33)34)6-7-22(23)27(28,29)30/h6-7,11-13,18,20-21H,3-5,8-10,14H2,1-2H3,(H,31,32)(H,33,34)/t18?,20-,21-/m1/s1. The van der Waals surface area contributed by atoms with Crippen LogP contribution in [0.3, 0.4) is 0 Å². The molecule has 2 aromatic rings. The molecule has 1 saturated heterocycles. The molecule has 194 valence electrons. The number of ether oxygens (including phenoxy) is 2. The SMILES string of the molecule is Cc1cc(OCCC2CCCCO2)cc(C)c1C(=O)Nc1cc([C@H]2C[C@H]2C(=O)O)ccc1C(F)(F)F. The van der Waals surface area contributed by atoms with Crippen molar-refractivity contribution in [2.45, 2.75) is 64.1 Å². The van der Waals surface area contributed by atoms with E-state index in [0.717, 1.165) is 38.4 Å². The zero-order chi connectivity index (χ0) is 26.0. The van der Waals surface area contributed by atoms with E-state index >= 15 is 0 Å². The Morgan fingerprint density at radius 2 is 1.86 bits per heavy atom. The number of nitrogens with one attached hydrogen (secondary N) is 1. The summed E-state index contributed by atoms with van der Waals surface area (Å²) in [5.41, 5.74) is 0.527. The van der Waals surface area contributed by atoms with E-state index < -0.39 is 29.5 Å². The van der Waals surface area contributed by atoms with Gasteiger partial charge in [0, 0.05) is 18.6 Å². The average molecular weight is 506 g/mol. The van der Waals surface area contributed by atoms with E-state index in [1.54, 1.807) is 26.0 Å². The molecule has 1 amide bonds. The average Bonchev–Trinajstić information content (AvgIpc) is 3.60. The van der Waals surface area contributed by atoms with Crippen LogP contribution in [0.2, 0.25) is 0 Å². The smallest absolute Gasteiger partial charge is 0.418 e. The molecule has 0 bridgehead atoms. The summed E-state index contributed by atoms with van der Waals surface area (Å²) in [5.74, 6) is -2.04. The van der Waals surface area contributed by atoms with Crippen molar-refractivity contribution in [3.63, 3.8) is 0 Å². The molecule has 3 atom stereocenters. The summed E-state index contributed by atoms with van der Waals surface area (Å²) in [4.78, 5) is 24.3. The van der Waals surface area contributed by atoms with E-state index in [-0.39, 0.29) is 23.3 Å². The molecular weight excluding hydrogens is 475 g/mol. The van der Waals surface area contributed by atoms with E-state index in [1.165, 1.54) is 12.1 Å². The molecule has 0 spiro atoms. The van der Waals surface area contributed by atoms with Crippen molar-refractivity contribution < 1.29 is 37.3 Å². The highest BCUT2D eigenvalue weighted by atomic mass is 19.4. The molecule has 2 aliphatic rings. The van der Waals surface area contributed by atoms with Crippen LogP contribution in [-0.4, -0.2) is 36.3 Å². The Balaban J connectivity index is 1.49. The zero-order valence-electron chi connectivity index (χ0n) is 20.3. The van der Waals surface area contributed by atoms with Gasteiger partial charge in [0.05, 0.1) is 29.9 Å².